The SMILES string of the molecule is COc1ccc(OC)c(C([O-])=PC2CCCCC2)c1OC. The number of hydrogen-bond acceptors (Lipinski definition) is 4. The second kappa shape index (κ2) is 7.67. The lowest BCUT2D eigenvalue weighted by atomic mass is 10.0. The summed E-state index contributed by atoms with van der Waals surface area (Å²) < 4.78 is 16.0. The molecular weight excluding hydrogens is 287 g/mol. The molecule has 0 atom stereocenters. The van der Waals surface area contributed by atoms with E-state index in [0.717, 1.165) is 21.0 Å². The van der Waals surface area contributed by atoms with Gasteiger partial charge in [-0.25, -0.2) is 0 Å². The van der Waals surface area contributed by atoms with E-state index in [-0.39, 0.29) is 5.48 Å². The molecule has 0 unspecified atom stereocenters. The molecule has 0 amide bonds. The standard InChI is InChI=1S/C16H23O4P/c1-18-12-9-10-13(19-2)15(20-3)14(12)16(17)21-11-7-5-4-6-8-11/h9-11,17H,4-8H2,1-3H3/p-1. The van der Waals surface area contributed by atoms with E-state index in [2.05, 4.69) is 0 Å². The van der Waals surface area contributed by atoms with Crippen molar-refractivity contribution in [2.24, 2.45) is 0 Å². The number of hydrogen-bond donors (Lipinski definition) is 0. The van der Waals surface area contributed by atoms with Gasteiger partial charge in [-0.1, -0.05) is 19.3 Å². The van der Waals surface area contributed by atoms with Crippen molar-refractivity contribution in [2.45, 2.75) is 37.8 Å². The minimum Gasteiger partial charge on any atom is -0.823 e. The zero-order chi connectivity index (χ0) is 15.2. The van der Waals surface area contributed by atoms with Crippen LogP contribution in [0.15, 0.2) is 12.1 Å². The maximum atomic E-state index is 12.7. The summed E-state index contributed by atoms with van der Waals surface area (Å²) in [6.45, 7) is 0. The van der Waals surface area contributed by atoms with Gasteiger partial charge in [0.1, 0.15) is 5.75 Å². The van der Waals surface area contributed by atoms with Crippen LogP contribution in [0.3, 0.4) is 0 Å². The second-order valence-electron chi connectivity index (χ2n) is 5.10. The van der Waals surface area contributed by atoms with Crippen LogP contribution in [0, 0.1) is 0 Å². The molecule has 1 saturated carbocycles. The van der Waals surface area contributed by atoms with Gasteiger partial charge in [0.15, 0.2) is 11.5 Å². The zero-order valence-electron chi connectivity index (χ0n) is 12.8. The fourth-order valence-corrected chi connectivity index (χ4v) is 4.02. The lowest BCUT2D eigenvalue weighted by Gasteiger charge is -2.24. The third kappa shape index (κ3) is 3.69. The van der Waals surface area contributed by atoms with Gasteiger partial charge in [0.25, 0.3) is 0 Å². The smallest absolute Gasteiger partial charge is 0.170 e. The summed E-state index contributed by atoms with van der Waals surface area (Å²) in [7, 11) is 5.52. The van der Waals surface area contributed by atoms with E-state index in [4.69, 9.17) is 14.2 Å². The molecule has 1 aromatic carbocycles. The molecule has 4 nitrogen and oxygen atoms in total. The molecule has 2 rings (SSSR count). The molecule has 116 valence electrons. The molecular formula is C16H22O4P-. The average Bonchev–Trinajstić information content (AvgIpc) is 2.54. The third-order valence-electron chi connectivity index (χ3n) is 3.82. The Morgan fingerprint density at radius 2 is 1.62 bits per heavy atom. The predicted molar refractivity (Wildman–Crippen MR) is 84.0 cm³/mol. The lowest BCUT2D eigenvalue weighted by molar-refractivity contribution is -0.207. The number of methoxy groups -OCH3 is 3. The van der Waals surface area contributed by atoms with Crippen LogP contribution >= 0.6 is 8.20 Å². The van der Waals surface area contributed by atoms with Crippen molar-refractivity contribution in [3.63, 3.8) is 0 Å². The highest BCUT2D eigenvalue weighted by Crippen LogP contribution is 2.39. The van der Waals surface area contributed by atoms with Gasteiger partial charge >= 0.3 is 0 Å². The van der Waals surface area contributed by atoms with Gasteiger partial charge in [-0.3, -0.25) is 0 Å². The van der Waals surface area contributed by atoms with Crippen LogP contribution in [0.1, 0.15) is 37.7 Å². The Hall–Kier alpha value is -1.25. The first-order valence-corrected chi connectivity index (χ1v) is 8.21. The van der Waals surface area contributed by atoms with Gasteiger partial charge < -0.3 is 19.3 Å². The van der Waals surface area contributed by atoms with Crippen molar-refractivity contribution in [1.29, 1.82) is 0 Å². The Balaban J connectivity index is 2.41. The summed E-state index contributed by atoms with van der Waals surface area (Å²) in [6, 6.07) is 3.51. The van der Waals surface area contributed by atoms with E-state index in [0.29, 0.717) is 28.5 Å². The van der Waals surface area contributed by atoms with E-state index in [9.17, 15) is 5.11 Å². The van der Waals surface area contributed by atoms with Crippen molar-refractivity contribution in [1.82, 2.24) is 0 Å². The molecule has 5 heteroatoms. The Bertz CT molecular complexity index is 507. The zero-order valence-corrected chi connectivity index (χ0v) is 13.7. The highest BCUT2D eigenvalue weighted by atomic mass is 31.1. The second-order valence-corrected chi connectivity index (χ2v) is 6.50. The van der Waals surface area contributed by atoms with Gasteiger partial charge in [-0.05, 0) is 30.6 Å². The first-order valence-electron chi connectivity index (χ1n) is 7.25. The highest BCUT2D eigenvalue weighted by molar-refractivity contribution is 7.41. The maximum absolute atomic E-state index is 12.7. The summed E-state index contributed by atoms with van der Waals surface area (Å²) in [4.78, 5) is 0. The average molecular weight is 309 g/mol. The molecule has 1 aliphatic carbocycles. The first-order chi connectivity index (χ1) is 10.2. The predicted octanol–water partition coefficient (Wildman–Crippen LogP) is 2.83. The third-order valence-corrected chi connectivity index (χ3v) is 5.16. The molecule has 0 radical (unpaired) electrons. The van der Waals surface area contributed by atoms with E-state index < -0.39 is 0 Å². The fourth-order valence-electron chi connectivity index (χ4n) is 2.72. The van der Waals surface area contributed by atoms with Gasteiger partial charge in [-0.15, -0.1) is 13.7 Å². The minimum absolute atomic E-state index is 0.0505. The quantitative estimate of drug-likeness (QED) is 0.785. The molecule has 0 spiro atoms. The number of ether oxygens (including phenoxy) is 3. The van der Waals surface area contributed by atoms with Crippen LogP contribution in [0.2, 0.25) is 0 Å². The molecule has 0 bridgehead atoms. The largest absolute Gasteiger partial charge is 0.823 e. The number of rotatable bonds is 5. The Morgan fingerprint density at radius 1 is 1.00 bits per heavy atom. The van der Waals surface area contributed by atoms with Crippen molar-refractivity contribution in [3.05, 3.63) is 17.7 Å². The first kappa shape index (κ1) is 16.1. The molecule has 1 aromatic rings. The number of benzene rings is 1. The molecule has 0 saturated heterocycles. The topological polar surface area (TPSA) is 50.8 Å². The Kier molecular flexibility index (Phi) is 5.89. The lowest BCUT2D eigenvalue weighted by Crippen LogP contribution is -2.21. The summed E-state index contributed by atoms with van der Waals surface area (Å²) in [6.07, 6.45) is 5.98. The summed E-state index contributed by atoms with van der Waals surface area (Å²) in [5.74, 6) is 1.56. The van der Waals surface area contributed by atoms with Crippen LogP contribution < -0.4 is 19.3 Å². The van der Waals surface area contributed by atoms with Crippen molar-refractivity contribution < 1.29 is 19.3 Å². The molecule has 0 heterocycles. The Labute approximate surface area is 127 Å². The van der Waals surface area contributed by atoms with E-state index in [1.54, 1.807) is 33.5 Å². The van der Waals surface area contributed by atoms with E-state index >= 15 is 0 Å². The van der Waals surface area contributed by atoms with Gasteiger partial charge in [0.05, 0.1) is 26.9 Å². The molecule has 1 fully saturated rings. The van der Waals surface area contributed by atoms with Crippen molar-refractivity contribution in [2.75, 3.05) is 21.3 Å². The maximum Gasteiger partial charge on any atom is 0.170 e. The molecule has 0 aromatic heterocycles. The normalized spacial score (nSPS) is 16.7. The molecule has 21 heavy (non-hydrogen) atoms. The van der Waals surface area contributed by atoms with Crippen LogP contribution in [0.25, 0.3) is 0 Å². The van der Waals surface area contributed by atoms with Crippen LogP contribution in [-0.2, 0) is 0 Å². The van der Waals surface area contributed by atoms with E-state index in [1.807, 2.05) is 0 Å². The molecule has 0 aliphatic heterocycles. The van der Waals surface area contributed by atoms with Gasteiger partial charge in [-0.2, -0.15) is 0 Å². The van der Waals surface area contributed by atoms with Crippen molar-refractivity contribution >= 4 is 13.7 Å². The summed E-state index contributed by atoms with van der Waals surface area (Å²) >= 11 is 0. The van der Waals surface area contributed by atoms with Crippen molar-refractivity contribution in [3.8, 4) is 17.2 Å². The van der Waals surface area contributed by atoms with Crippen LogP contribution in [0.5, 0.6) is 17.2 Å². The minimum atomic E-state index is 0.0505. The van der Waals surface area contributed by atoms with Crippen LogP contribution in [-0.4, -0.2) is 32.5 Å². The highest BCUT2D eigenvalue weighted by Gasteiger charge is 2.17. The fraction of sp³-hybridized carbons (Fsp3) is 0.562. The monoisotopic (exact) mass is 309 g/mol. The van der Waals surface area contributed by atoms with Gasteiger partial charge in [0, 0.05) is 0 Å². The van der Waals surface area contributed by atoms with Gasteiger partial charge in [0.2, 0.25) is 0 Å². The summed E-state index contributed by atoms with van der Waals surface area (Å²) in [5.41, 5.74) is 0.993. The summed E-state index contributed by atoms with van der Waals surface area (Å²) in [5, 5.41) is 12.7. The molecule has 0 N–H and O–H groups in total. The van der Waals surface area contributed by atoms with Crippen LogP contribution in [0.4, 0.5) is 0 Å². The van der Waals surface area contributed by atoms with E-state index in [1.165, 1.54) is 19.3 Å². The molecule has 1 aliphatic rings. The Morgan fingerprint density at radius 3 is 2.19 bits per heavy atom.